The average Bonchev–Trinajstić information content (AvgIpc) is 3.25. The topological polar surface area (TPSA) is 236 Å². The van der Waals surface area contributed by atoms with E-state index >= 15 is 0 Å². The standard InChI is InChI=1S/C24H18N4O11S2/c29-21-17(19(23(31)32)12-25-27(21)13-6-10-16(11-7-13)41(37,38)39)2-1-3-18-20(24(33)34)26-28(22(18)30)14-4-8-15(9-5-14)40(35)36/h1-12,25-26H,(H,31,32)(H,33,34)(H,35,36)(H,37,38,39). The Kier molecular flexibility index (Phi) is 7.88. The third-order valence-corrected chi connectivity index (χ3v) is 7.19. The molecule has 17 heteroatoms. The summed E-state index contributed by atoms with van der Waals surface area (Å²) in [7, 11) is -4.50. The number of H-pyrrole nitrogens is 1. The molecule has 15 nitrogen and oxygen atoms in total. The lowest BCUT2D eigenvalue weighted by atomic mass is 10.0. The summed E-state index contributed by atoms with van der Waals surface area (Å²) in [6.45, 7) is 0. The third kappa shape index (κ3) is 5.92. The lowest BCUT2D eigenvalue weighted by molar-refractivity contribution is -0.133. The first kappa shape index (κ1) is 28.9. The predicted octanol–water partition coefficient (Wildman–Crippen LogP) is 1.15. The molecular formula is C24H18N4O11S2. The molecule has 1 aromatic heterocycles. The van der Waals surface area contributed by atoms with E-state index in [4.69, 9.17) is 9.11 Å². The smallest absolute Gasteiger partial charge is 0.354 e. The van der Waals surface area contributed by atoms with Gasteiger partial charge in [-0.15, -0.1) is 0 Å². The van der Waals surface area contributed by atoms with E-state index < -0.39 is 60.8 Å². The molecule has 0 aliphatic carbocycles. The monoisotopic (exact) mass is 602 g/mol. The number of carbonyl (C=O) groups is 3. The highest BCUT2D eigenvalue weighted by Crippen LogP contribution is 2.24. The summed E-state index contributed by atoms with van der Waals surface area (Å²) in [5.74, 6) is -3.86. The van der Waals surface area contributed by atoms with Crippen LogP contribution in [-0.2, 0) is 30.8 Å². The summed E-state index contributed by atoms with van der Waals surface area (Å²) in [6.07, 6.45) is 4.21. The highest BCUT2D eigenvalue weighted by molar-refractivity contribution is 7.85. The number of hydrazine groups is 1. The summed E-state index contributed by atoms with van der Waals surface area (Å²) >= 11 is -2.27. The lowest BCUT2D eigenvalue weighted by Gasteiger charge is -2.28. The van der Waals surface area contributed by atoms with E-state index in [0.717, 1.165) is 46.3 Å². The first-order valence-corrected chi connectivity index (χ1v) is 13.6. The van der Waals surface area contributed by atoms with Crippen molar-refractivity contribution in [3.63, 3.8) is 0 Å². The van der Waals surface area contributed by atoms with Crippen molar-refractivity contribution in [3.8, 4) is 5.69 Å². The molecule has 0 fully saturated rings. The summed E-state index contributed by atoms with van der Waals surface area (Å²) in [6, 6.07) is 9.60. The molecule has 3 aromatic rings. The van der Waals surface area contributed by atoms with E-state index in [1.54, 1.807) is 0 Å². The van der Waals surface area contributed by atoms with Crippen LogP contribution in [0.2, 0.25) is 0 Å². The molecule has 1 atom stereocenters. The van der Waals surface area contributed by atoms with Crippen LogP contribution in [0.1, 0.15) is 16.1 Å². The van der Waals surface area contributed by atoms with Crippen molar-refractivity contribution in [1.82, 2.24) is 15.2 Å². The molecule has 1 aliphatic rings. The fourth-order valence-electron chi connectivity index (χ4n) is 3.70. The van der Waals surface area contributed by atoms with Crippen molar-refractivity contribution in [2.45, 2.75) is 9.79 Å². The van der Waals surface area contributed by atoms with Crippen molar-refractivity contribution < 1.29 is 46.3 Å². The van der Waals surface area contributed by atoms with Gasteiger partial charge in [0.25, 0.3) is 21.6 Å². The Labute approximate surface area is 232 Å². The highest BCUT2D eigenvalue weighted by Gasteiger charge is 2.30. The van der Waals surface area contributed by atoms with Gasteiger partial charge in [-0.05, 0) is 60.7 Å². The molecule has 0 bridgehead atoms. The van der Waals surface area contributed by atoms with Gasteiger partial charge < -0.3 is 14.8 Å². The summed E-state index contributed by atoms with van der Waals surface area (Å²) < 4.78 is 52.9. The average molecular weight is 603 g/mol. The van der Waals surface area contributed by atoms with Crippen LogP contribution in [0.25, 0.3) is 11.8 Å². The maximum Gasteiger partial charge on any atom is 0.354 e. The number of hydrogen-bond acceptors (Lipinski definition) is 8. The van der Waals surface area contributed by atoms with Crippen molar-refractivity contribution in [3.05, 3.63) is 99.6 Å². The van der Waals surface area contributed by atoms with Crippen LogP contribution in [0.4, 0.5) is 5.69 Å². The maximum atomic E-state index is 13.2. The number of hydrogen-bond donors (Lipinski definition) is 6. The maximum absolute atomic E-state index is 13.2. The van der Waals surface area contributed by atoms with Gasteiger partial charge in [-0.3, -0.25) is 24.7 Å². The Morgan fingerprint density at radius 1 is 0.927 bits per heavy atom. The summed E-state index contributed by atoms with van der Waals surface area (Å²) in [4.78, 5) is 49.3. The minimum Gasteiger partial charge on any atom is -0.478 e. The number of benzene rings is 2. The van der Waals surface area contributed by atoms with Gasteiger partial charge in [0, 0.05) is 6.20 Å². The van der Waals surface area contributed by atoms with Crippen molar-refractivity contribution in [1.29, 1.82) is 0 Å². The molecular weight excluding hydrogens is 584 g/mol. The van der Waals surface area contributed by atoms with Crippen LogP contribution >= 0.6 is 0 Å². The number of aliphatic carboxylic acids is 1. The van der Waals surface area contributed by atoms with E-state index in [9.17, 15) is 42.0 Å². The molecule has 1 amide bonds. The number of aromatic carboxylic acids is 1. The fraction of sp³-hybridized carbons (Fsp3) is 0. The Balaban J connectivity index is 1.71. The minimum absolute atomic E-state index is 0.0518. The number of rotatable bonds is 8. The summed E-state index contributed by atoms with van der Waals surface area (Å²) in [5, 5.41) is 22.5. The van der Waals surface area contributed by atoms with Crippen molar-refractivity contribution in [2.24, 2.45) is 0 Å². The molecule has 4 rings (SSSR count). The number of carbonyl (C=O) groups excluding carboxylic acids is 1. The van der Waals surface area contributed by atoms with Gasteiger partial charge in [-0.25, -0.2) is 23.5 Å². The van der Waals surface area contributed by atoms with Crippen LogP contribution in [0.15, 0.2) is 92.6 Å². The Bertz CT molecular complexity index is 1850. The largest absolute Gasteiger partial charge is 0.478 e. The number of aromatic nitrogens is 2. The number of nitrogens with zero attached hydrogens (tertiary/aromatic N) is 2. The normalized spacial score (nSPS) is 15.6. The molecule has 41 heavy (non-hydrogen) atoms. The van der Waals surface area contributed by atoms with Gasteiger partial charge in [0.1, 0.15) is 0 Å². The molecule has 2 heterocycles. The molecule has 0 radical (unpaired) electrons. The second-order valence-corrected chi connectivity index (χ2v) is 10.5. The van der Waals surface area contributed by atoms with Gasteiger partial charge >= 0.3 is 11.9 Å². The number of anilines is 1. The SMILES string of the molecule is O=C(O)C1=CNN(c2ccc(S(=O)(=O)O)cc2)C(=O)C1=CC=Cc1c(C(=O)O)[nH]n(-c2ccc(S(=O)O)cc2)c1=O. The number of nitrogens with one attached hydrogen (secondary N) is 2. The Morgan fingerprint density at radius 2 is 1.54 bits per heavy atom. The zero-order valence-corrected chi connectivity index (χ0v) is 21.9. The molecule has 6 N–H and O–H groups in total. The predicted molar refractivity (Wildman–Crippen MR) is 142 cm³/mol. The van der Waals surface area contributed by atoms with Crippen LogP contribution in [0.3, 0.4) is 0 Å². The molecule has 1 unspecified atom stereocenters. The van der Waals surface area contributed by atoms with Crippen LogP contribution in [0, 0.1) is 0 Å². The minimum atomic E-state index is -4.50. The number of carboxylic acid groups (broad SMARTS) is 2. The molecule has 2 aromatic carbocycles. The first-order valence-electron chi connectivity index (χ1n) is 11.1. The number of carboxylic acids is 2. The third-order valence-electron chi connectivity index (χ3n) is 5.65. The molecule has 0 spiro atoms. The first-order chi connectivity index (χ1) is 19.3. The Morgan fingerprint density at radius 3 is 2.07 bits per heavy atom. The number of amides is 1. The van der Waals surface area contributed by atoms with Crippen LogP contribution in [0.5, 0.6) is 0 Å². The van der Waals surface area contributed by atoms with Crippen LogP contribution < -0.4 is 16.0 Å². The van der Waals surface area contributed by atoms with Crippen LogP contribution in [-0.4, -0.2) is 59.6 Å². The van der Waals surface area contributed by atoms with E-state index in [0.29, 0.717) is 0 Å². The quantitative estimate of drug-likeness (QED) is 0.121. The number of aromatic amines is 1. The molecule has 0 saturated heterocycles. The Hall–Kier alpha value is -5.10. The van der Waals surface area contributed by atoms with Crippen molar-refractivity contribution >= 4 is 50.8 Å². The van der Waals surface area contributed by atoms with Gasteiger partial charge in [-0.1, -0.05) is 6.08 Å². The highest BCUT2D eigenvalue weighted by atomic mass is 32.2. The molecule has 1 aliphatic heterocycles. The second-order valence-electron chi connectivity index (χ2n) is 8.13. The van der Waals surface area contributed by atoms with E-state index in [1.165, 1.54) is 36.4 Å². The van der Waals surface area contributed by atoms with E-state index in [1.807, 2.05) is 0 Å². The molecule has 0 saturated carbocycles. The van der Waals surface area contributed by atoms with Gasteiger partial charge in [-0.2, -0.15) is 8.42 Å². The fourth-order valence-corrected chi connectivity index (χ4v) is 4.55. The zero-order chi connectivity index (χ0) is 30.1. The van der Waals surface area contributed by atoms with E-state index in [2.05, 4.69) is 10.5 Å². The summed E-state index contributed by atoms with van der Waals surface area (Å²) in [5.41, 5.74) is 0.208. The lowest BCUT2D eigenvalue weighted by Crippen LogP contribution is -2.45. The van der Waals surface area contributed by atoms with E-state index in [-0.39, 0.29) is 27.4 Å². The van der Waals surface area contributed by atoms with Gasteiger partial charge in [0.15, 0.2) is 16.8 Å². The van der Waals surface area contributed by atoms with Gasteiger partial charge in [0.05, 0.1) is 37.9 Å². The number of allylic oxidation sites excluding steroid dienone is 2. The molecule has 212 valence electrons. The van der Waals surface area contributed by atoms with Crippen molar-refractivity contribution in [2.75, 3.05) is 5.01 Å². The second kappa shape index (κ2) is 11.2. The zero-order valence-electron chi connectivity index (χ0n) is 20.3. The van der Waals surface area contributed by atoms with Gasteiger partial charge in [0.2, 0.25) is 0 Å².